The quantitative estimate of drug-likeness (QED) is 0.385. The Hall–Kier alpha value is -3.49. The van der Waals surface area contributed by atoms with E-state index in [1.807, 2.05) is 66.2 Å². The molecule has 0 bridgehead atoms. The van der Waals surface area contributed by atoms with E-state index in [1.165, 1.54) is 11.8 Å². The van der Waals surface area contributed by atoms with Crippen molar-refractivity contribution in [3.8, 4) is 5.75 Å². The number of ether oxygens (including phenoxy) is 1. The third-order valence-corrected chi connectivity index (χ3v) is 6.89. The number of benzene rings is 3. The number of nitrogens with zero attached hydrogens (tertiary/aromatic N) is 3. The molecule has 0 spiro atoms. The van der Waals surface area contributed by atoms with Crippen LogP contribution in [0.15, 0.2) is 84.0 Å². The fourth-order valence-electron chi connectivity index (χ4n) is 3.63. The van der Waals surface area contributed by atoms with Gasteiger partial charge >= 0.3 is 0 Å². The molecular formula is C25H22ClN5O2S. The molecule has 0 radical (unpaired) electrons. The maximum Gasteiger partial charge on any atom is 0.240 e. The van der Waals surface area contributed by atoms with Gasteiger partial charge in [0.25, 0.3) is 0 Å². The summed E-state index contributed by atoms with van der Waals surface area (Å²) in [6, 6.07) is 24.4. The molecule has 1 aliphatic rings. The number of halogens is 1. The van der Waals surface area contributed by atoms with Crippen molar-refractivity contribution >= 4 is 35.0 Å². The number of hydrogen-bond acceptors (Lipinski definition) is 6. The monoisotopic (exact) mass is 491 g/mol. The average Bonchev–Trinajstić information content (AvgIpc) is 3.26. The molecule has 34 heavy (non-hydrogen) atoms. The highest BCUT2D eigenvalue weighted by Crippen LogP contribution is 2.37. The lowest BCUT2D eigenvalue weighted by molar-refractivity contribution is -0.116. The molecule has 1 amide bonds. The predicted molar refractivity (Wildman–Crippen MR) is 134 cm³/mol. The summed E-state index contributed by atoms with van der Waals surface area (Å²) >= 11 is 7.35. The van der Waals surface area contributed by atoms with Crippen LogP contribution < -0.4 is 15.5 Å². The third-order valence-electron chi connectivity index (χ3n) is 5.42. The molecule has 1 aliphatic heterocycles. The second kappa shape index (κ2) is 9.79. The molecule has 7 nitrogen and oxygen atoms in total. The summed E-state index contributed by atoms with van der Waals surface area (Å²) in [6.45, 7) is 2.28. The Bertz CT molecular complexity index is 1280. The maximum absolute atomic E-state index is 13.3. The van der Waals surface area contributed by atoms with Gasteiger partial charge in [-0.3, -0.25) is 4.79 Å². The zero-order valence-electron chi connectivity index (χ0n) is 18.3. The number of amides is 1. The van der Waals surface area contributed by atoms with Crippen molar-refractivity contribution in [1.29, 1.82) is 0 Å². The Labute approximate surface area is 206 Å². The van der Waals surface area contributed by atoms with Crippen LogP contribution in [0.25, 0.3) is 0 Å². The van der Waals surface area contributed by atoms with Gasteiger partial charge in [-0.1, -0.05) is 71.4 Å². The highest BCUT2D eigenvalue weighted by atomic mass is 35.5. The Morgan fingerprint density at radius 2 is 1.79 bits per heavy atom. The van der Waals surface area contributed by atoms with Gasteiger partial charge in [0, 0.05) is 10.7 Å². The van der Waals surface area contributed by atoms with Gasteiger partial charge in [-0.05, 0) is 48.9 Å². The molecule has 2 atom stereocenters. The molecule has 0 fully saturated rings. The van der Waals surface area contributed by atoms with Crippen molar-refractivity contribution in [2.45, 2.75) is 30.0 Å². The van der Waals surface area contributed by atoms with Crippen LogP contribution in [0.4, 0.5) is 5.69 Å². The fourth-order valence-corrected chi connectivity index (χ4v) is 4.85. The number of nitrogens with one attached hydrogen (secondary N) is 2. The summed E-state index contributed by atoms with van der Waals surface area (Å²) in [7, 11) is 0. The molecule has 9 heteroatoms. The SMILES string of the molecule is Cc1ccc([C@H]2Nn3c(COc4ccccc4)nnc3S[C@@H]2C(=O)Nc2ccc(Cl)cc2)cc1. The number of carbonyl (C=O) groups is 1. The molecule has 2 N–H and O–H groups in total. The van der Waals surface area contributed by atoms with E-state index in [-0.39, 0.29) is 18.6 Å². The number of anilines is 1. The van der Waals surface area contributed by atoms with E-state index in [0.717, 1.165) is 16.9 Å². The van der Waals surface area contributed by atoms with E-state index in [4.69, 9.17) is 16.3 Å². The van der Waals surface area contributed by atoms with E-state index in [1.54, 1.807) is 24.3 Å². The minimum atomic E-state index is -0.474. The van der Waals surface area contributed by atoms with Crippen molar-refractivity contribution in [3.05, 3.63) is 101 Å². The lowest BCUT2D eigenvalue weighted by atomic mass is 10.0. The number of rotatable bonds is 6. The van der Waals surface area contributed by atoms with Crippen molar-refractivity contribution in [2.75, 3.05) is 10.7 Å². The molecule has 0 saturated heterocycles. The van der Waals surface area contributed by atoms with Crippen LogP contribution in [-0.2, 0) is 11.4 Å². The molecule has 5 rings (SSSR count). The zero-order chi connectivity index (χ0) is 23.5. The van der Waals surface area contributed by atoms with Gasteiger partial charge in [0.1, 0.15) is 17.6 Å². The van der Waals surface area contributed by atoms with Gasteiger partial charge in [-0.2, -0.15) is 0 Å². The summed E-state index contributed by atoms with van der Waals surface area (Å²) in [5.41, 5.74) is 6.27. The molecule has 3 aromatic carbocycles. The van der Waals surface area contributed by atoms with Gasteiger partial charge < -0.3 is 15.5 Å². The zero-order valence-corrected chi connectivity index (χ0v) is 19.9. The first kappa shape index (κ1) is 22.3. The summed E-state index contributed by atoms with van der Waals surface area (Å²) in [4.78, 5) is 13.3. The molecule has 2 heterocycles. The van der Waals surface area contributed by atoms with E-state index in [9.17, 15) is 4.79 Å². The highest BCUT2D eigenvalue weighted by Gasteiger charge is 2.38. The first-order chi connectivity index (χ1) is 16.6. The minimum Gasteiger partial charge on any atom is -0.486 e. The van der Waals surface area contributed by atoms with Gasteiger partial charge in [0.05, 0.1) is 6.04 Å². The van der Waals surface area contributed by atoms with Gasteiger partial charge in [-0.25, -0.2) is 4.68 Å². The third kappa shape index (κ3) is 4.88. The van der Waals surface area contributed by atoms with E-state index < -0.39 is 5.25 Å². The van der Waals surface area contributed by atoms with E-state index in [0.29, 0.717) is 21.7 Å². The molecule has 0 saturated carbocycles. The average molecular weight is 492 g/mol. The highest BCUT2D eigenvalue weighted by molar-refractivity contribution is 8.00. The number of aryl methyl sites for hydroxylation is 1. The Morgan fingerprint density at radius 3 is 2.53 bits per heavy atom. The normalized spacial score (nSPS) is 16.9. The van der Waals surface area contributed by atoms with Crippen LogP contribution in [-0.4, -0.2) is 26.0 Å². The van der Waals surface area contributed by atoms with Crippen LogP contribution in [0, 0.1) is 6.92 Å². The molecule has 4 aromatic rings. The van der Waals surface area contributed by atoms with Gasteiger partial charge in [0.2, 0.25) is 11.1 Å². The fraction of sp³-hybridized carbons (Fsp3) is 0.160. The van der Waals surface area contributed by atoms with Gasteiger partial charge in [0.15, 0.2) is 5.82 Å². The molecule has 0 unspecified atom stereocenters. The number of hydrogen-bond donors (Lipinski definition) is 2. The summed E-state index contributed by atoms with van der Waals surface area (Å²) in [5.74, 6) is 1.24. The summed E-state index contributed by atoms with van der Waals surface area (Å²) < 4.78 is 7.68. The molecule has 0 aliphatic carbocycles. The number of fused-ring (bicyclic) bond motifs is 1. The van der Waals surface area contributed by atoms with Gasteiger partial charge in [-0.15, -0.1) is 10.2 Å². The predicted octanol–water partition coefficient (Wildman–Crippen LogP) is 5.22. The van der Waals surface area contributed by atoms with E-state index >= 15 is 0 Å². The number of thioether (sulfide) groups is 1. The number of carbonyl (C=O) groups excluding carboxylic acids is 1. The van der Waals surface area contributed by atoms with Crippen molar-refractivity contribution < 1.29 is 9.53 Å². The maximum atomic E-state index is 13.3. The van der Waals surface area contributed by atoms with Crippen molar-refractivity contribution in [1.82, 2.24) is 14.9 Å². The van der Waals surface area contributed by atoms with Crippen molar-refractivity contribution in [3.63, 3.8) is 0 Å². The standard InChI is InChI=1S/C25H22ClN5O2S/c1-16-7-9-17(10-8-16)22-23(24(32)27-19-13-11-18(26)12-14-19)34-25-29-28-21(31(25)30-22)15-33-20-5-3-2-4-6-20/h2-14,22-23,30H,15H2,1H3,(H,27,32)/t22-,23+/m1/s1. The second-order valence-electron chi connectivity index (χ2n) is 7.89. The molecule has 172 valence electrons. The first-order valence-electron chi connectivity index (χ1n) is 10.8. The molecule has 1 aromatic heterocycles. The Kier molecular flexibility index (Phi) is 6.42. The topological polar surface area (TPSA) is 81.1 Å². The van der Waals surface area contributed by atoms with Crippen molar-refractivity contribution in [2.24, 2.45) is 0 Å². The van der Waals surface area contributed by atoms with E-state index in [2.05, 4.69) is 20.9 Å². The second-order valence-corrected chi connectivity index (χ2v) is 9.43. The lowest BCUT2D eigenvalue weighted by Crippen LogP contribution is -2.41. The lowest BCUT2D eigenvalue weighted by Gasteiger charge is -2.33. The summed E-state index contributed by atoms with van der Waals surface area (Å²) in [5, 5.41) is 12.3. The van der Waals surface area contributed by atoms with Crippen LogP contribution >= 0.6 is 23.4 Å². The summed E-state index contributed by atoms with van der Waals surface area (Å²) in [6.07, 6.45) is 0. The Balaban J connectivity index is 1.41. The van der Waals surface area contributed by atoms with Crippen LogP contribution in [0.3, 0.4) is 0 Å². The molecular weight excluding hydrogens is 470 g/mol. The van der Waals surface area contributed by atoms with Crippen LogP contribution in [0.2, 0.25) is 5.02 Å². The van der Waals surface area contributed by atoms with Crippen LogP contribution in [0.1, 0.15) is 23.0 Å². The largest absolute Gasteiger partial charge is 0.486 e. The number of aromatic nitrogens is 3. The Morgan fingerprint density at radius 1 is 1.06 bits per heavy atom. The van der Waals surface area contributed by atoms with Crippen LogP contribution in [0.5, 0.6) is 5.75 Å². The number of para-hydroxylation sites is 1. The first-order valence-corrected chi connectivity index (χ1v) is 12.0. The minimum absolute atomic E-state index is 0.137. The smallest absolute Gasteiger partial charge is 0.240 e.